The molecule has 1 atom stereocenters. The van der Waals surface area contributed by atoms with Crippen molar-refractivity contribution in [1.29, 1.82) is 0 Å². The minimum absolute atomic E-state index is 0.0152. The van der Waals surface area contributed by atoms with Gasteiger partial charge in [-0.05, 0) is 49.2 Å². The molecule has 1 fully saturated rings. The number of nitrogens with zero attached hydrogens (tertiary/aromatic N) is 5. The molecule has 8 nitrogen and oxygen atoms in total. The topological polar surface area (TPSA) is 98.1 Å². The van der Waals surface area contributed by atoms with Crippen LogP contribution >= 0.6 is 11.8 Å². The van der Waals surface area contributed by atoms with E-state index in [1.165, 1.54) is 23.9 Å². The number of halogens is 1. The van der Waals surface area contributed by atoms with Crippen molar-refractivity contribution < 1.29 is 17.6 Å². The maximum atomic E-state index is 13.5. The molecule has 0 saturated carbocycles. The Morgan fingerprint density at radius 1 is 1.18 bits per heavy atom. The molecule has 33 heavy (non-hydrogen) atoms. The maximum absolute atomic E-state index is 13.5. The number of carbonyl (C=O) groups is 1. The maximum Gasteiger partial charge on any atom is 0.233 e. The highest BCUT2D eigenvalue weighted by molar-refractivity contribution is 7.99. The van der Waals surface area contributed by atoms with Gasteiger partial charge in [0.1, 0.15) is 5.82 Å². The van der Waals surface area contributed by atoms with Crippen molar-refractivity contribution >= 4 is 27.5 Å². The molecule has 1 unspecified atom stereocenters. The van der Waals surface area contributed by atoms with Crippen LogP contribution in [0.25, 0.3) is 17.1 Å². The summed E-state index contributed by atoms with van der Waals surface area (Å²) in [5, 5.41) is 9.08. The van der Waals surface area contributed by atoms with Gasteiger partial charge in [0.25, 0.3) is 0 Å². The van der Waals surface area contributed by atoms with Gasteiger partial charge in [0.05, 0.1) is 17.3 Å². The highest BCUT2D eigenvalue weighted by Crippen LogP contribution is 2.28. The van der Waals surface area contributed by atoms with Crippen molar-refractivity contribution in [2.75, 3.05) is 23.8 Å². The number of hydrogen-bond acceptors (Lipinski definition) is 7. The molecule has 1 amide bonds. The van der Waals surface area contributed by atoms with Crippen LogP contribution in [0.1, 0.15) is 19.8 Å². The van der Waals surface area contributed by atoms with E-state index >= 15 is 0 Å². The second-order valence-electron chi connectivity index (χ2n) is 7.79. The van der Waals surface area contributed by atoms with Crippen LogP contribution in [-0.2, 0) is 14.6 Å². The highest BCUT2D eigenvalue weighted by Gasteiger charge is 2.34. The Bertz CT molecular complexity index is 1220. The number of pyridine rings is 1. The number of carbonyl (C=O) groups excluding carboxylic acids is 1. The third-order valence-electron chi connectivity index (χ3n) is 5.42. The molecule has 2 aromatic heterocycles. The molecule has 4 rings (SSSR count). The first-order valence-electron chi connectivity index (χ1n) is 10.6. The molecular formula is C22H24FN5O3S2. The van der Waals surface area contributed by atoms with E-state index < -0.39 is 9.84 Å². The van der Waals surface area contributed by atoms with E-state index in [0.29, 0.717) is 29.6 Å². The average molecular weight is 490 g/mol. The molecule has 11 heteroatoms. The Labute approximate surface area is 196 Å². The van der Waals surface area contributed by atoms with E-state index in [1.807, 2.05) is 6.92 Å². The van der Waals surface area contributed by atoms with Crippen LogP contribution in [-0.4, -0.2) is 68.8 Å². The third kappa shape index (κ3) is 5.41. The summed E-state index contributed by atoms with van der Waals surface area (Å²) in [4.78, 5) is 18.8. The van der Waals surface area contributed by atoms with E-state index in [0.717, 1.165) is 12.0 Å². The van der Waals surface area contributed by atoms with Crippen LogP contribution in [0.2, 0.25) is 0 Å². The molecule has 0 bridgehead atoms. The second-order valence-corrected chi connectivity index (χ2v) is 11.0. The van der Waals surface area contributed by atoms with Crippen LogP contribution in [0.4, 0.5) is 4.39 Å². The van der Waals surface area contributed by atoms with Crippen LogP contribution < -0.4 is 0 Å². The zero-order chi connectivity index (χ0) is 23.4. The zero-order valence-corrected chi connectivity index (χ0v) is 19.7. The summed E-state index contributed by atoms with van der Waals surface area (Å²) in [5.41, 5.74) is 1.44. The van der Waals surface area contributed by atoms with Gasteiger partial charge >= 0.3 is 0 Å². The quantitative estimate of drug-likeness (QED) is 0.449. The Balaban J connectivity index is 1.59. The number of benzene rings is 1. The molecule has 3 aromatic rings. The minimum Gasteiger partial charge on any atom is -0.338 e. The van der Waals surface area contributed by atoms with Gasteiger partial charge in [-0.2, -0.15) is 0 Å². The molecule has 0 spiro atoms. The fourth-order valence-corrected chi connectivity index (χ4v) is 6.43. The normalized spacial score (nSPS) is 17.2. The molecule has 1 aliphatic rings. The number of thioether (sulfide) groups is 1. The lowest BCUT2D eigenvalue weighted by molar-refractivity contribution is -0.130. The molecule has 1 aromatic carbocycles. The van der Waals surface area contributed by atoms with E-state index in [9.17, 15) is 17.6 Å². The van der Waals surface area contributed by atoms with Crippen molar-refractivity contribution in [1.82, 2.24) is 24.6 Å². The molecule has 1 aliphatic heterocycles. The molecule has 1 saturated heterocycles. The molecular weight excluding hydrogens is 465 g/mol. The van der Waals surface area contributed by atoms with Gasteiger partial charge in [0.15, 0.2) is 20.8 Å². The summed E-state index contributed by atoms with van der Waals surface area (Å²) in [6.07, 6.45) is 4.50. The summed E-state index contributed by atoms with van der Waals surface area (Å²) < 4.78 is 39.1. The van der Waals surface area contributed by atoms with Gasteiger partial charge in [-0.25, -0.2) is 12.8 Å². The van der Waals surface area contributed by atoms with Crippen LogP contribution in [0, 0.1) is 5.82 Å². The Kier molecular flexibility index (Phi) is 7.08. The van der Waals surface area contributed by atoms with Crippen LogP contribution in [0.3, 0.4) is 0 Å². The molecule has 174 valence electrons. The summed E-state index contributed by atoms with van der Waals surface area (Å²) in [6.45, 7) is 2.47. The van der Waals surface area contributed by atoms with E-state index in [2.05, 4.69) is 15.2 Å². The summed E-state index contributed by atoms with van der Waals surface area (Å²) in [7, 11) is -3.10. The fourth-order valence-electron chi connectivity index (χ4n) is 3.86. The Hall–Kier alpha value is -2.79. The first kappa shape index (κ1) is 23.4. The fraction of sp³-hybridized carbons (Fsp3) is 0.364. The van der Waals surface area contributed by atoms with E-state index in [-0.39, 0.29) is 35.0 Å². The average Bonchev–Trinajstić information content (AvgIpc) is 3.40. The van der Waals surface area contributed by atoms with E-state index in [4.69, 9.17) is 0 Å². The van der Waals surface area contributed by atoms with Crippen molar-refractivity contribution in [2.45, 2.75) is 31.0 Å². The third-order valence-corrected chi connectivity index (χ3v) is 8.08. The molecule has 0 radical (unpaired) electrons. The number of rotatable bonds is 8. The number of amides is 1. The minimum atomic E-state index is -3.10. The Morgan fingerprint density at radius 2 is 1.91 bits per heavy atom. The summed E-state index contributed by atoms with van der Waals surface area (Å²) >= 11 is 1.22. The lowest BCUT2D eigenvalue weighted by Crippen LogP contribution is -2.42. The van der Waals surface area contributed by atoms with Crippen LogP contribution in [0.15, 0.2) is 53.9 Å². The predicted molar refractivity (Wildman–Crippen MR) is 124 cm³/mol. The second kappa shape index (κ2) is 10.0. The van der Waals surface area contributed by atoms with Crippen LogP contribution in [0.5, 0.6) is 0 Å². The van der Waals surface area contributed by atoms with Crippen molar-refractivity contribution in [2.24, 2.45) is 0 Å². The van der Waals surface area contributed by atoms with Crippen molar-refractivity contribution in [3.8, 4) is 17.1 Å². The molecule has 0 aliphatic carbocycles. The number of sulfone groups is 1. The first-order valence-corrected chi connectivity index (χ1v) is 13.4. The number of aromatic nitrogens is 4. The summed E-state index contributed by atoms with van der Waals surface area (Å²) in [6, 6.07) is 9.28. The standard InChI is InChI=1S/C22H24FN5O3S2/c1-2-12-27(19-9-13-33(30,31)15-19)20(29)14-32-22-26-25-21(16-7-10-24-11-8-16)28(22)18-5-3-17(23)4-6-18/h3-8,10-11,19H,2,9,12-15H2,1H3. The summed E-state index contributed by atoms with van der Waals surface area (Å²) in [5.74, 6) is 0.276. The lowest BCUT2D eigenvalue weighted by atomic mass is 10.2. The predicted octanol–water partition coefficient (Wildman–Crippen LogP) is 2.99. The highest BCUT2D eigenvalue weighted by atomic mass is 32.2. The number of hydrogen-bond donors (Lipinski definition) is 0. The van der Waals surface area contributed by atoms with Gasteiger partial charge < -0.3 is 4.90 Å². The van der Waals surface area contributed by atoms with Crippen molar-refractivity contribution in [3.05, 3.63) is 54.6 Å². The van der Waals surface area contributed by atoms with E-state index in [1.54, 1.807) is 46.1 Å². The van der Waals surface area contributed by atoms with Crippen molar-refractivity contribution in [3.63, 3.8) is 0 Å². The largest absolute Gasteiger partial charge is 0.338 e. The Morgan fingerprint density at radius 3 is 2.55 bits per heavy atom. The SMILES string of the molecule is CCCN(C(=O)CSc1nnc(-c2ccncc2)n1-c1ccc(F)cc1)C1CCS(=O)(=O)C1. The van der Waals surface area contributed by atoms with Gasteiger partial charge in [0, 0.05) is 36.2 Å². The van der Waals surface area contributed by atoms with Gasteiger partial charge in [0.2, 0.25) is 5.91 Å². The lowest BCUT2D eigenvalue weighted by Gasteiger charge is -2.27. The van der Waals surface area contributed by atoms with Gasteiger partial charge in [-0.3, -0.25) is 14.3 Å². The first-order chi connectivity index (χ1) is 15.9. The molecule has 0 N–H and O–H groups in total. The zero-order valence-electron chi connectivity index (χ0n) is 18.1. The monoisotopic (exact) mass is 489 g/mol. The van der Waals surface area contributed by atoms with Gasteiger partial charge in [-0.15, -0.1) is 10.2 Å². The molecule has 3 heterocycles. The smallest absolute Gasteiger partial charge is 0.233 e. The van der Waals surface area contributed by atoms with Gasteiger partial charge in [-0.1, -0.05) is 18.7 Å².